The number of carbonyl (C=O) groups is 1. The molecule has 3 nitrogen and oxygen atoms in total. The Morgan fingerprint density at radius 1 is 1.56 bits per heavy atom. The zero-order valence-electron chi connectivity index (χ0n) is 11.8. The zero-order chi connectivity index (χ0) is 13.8. The molecule has 0 saturated carbocycles. The molecule has 1 unspecified atom stereocenters. The molecule has 1 aromatic heterocycles. The topological polar surface area (TPSA) is 46.3 Å². The molecule has 4 heteroatoms. The second-order valence-electron chi connectivity index (χ2n) is 5.27. The number of rotatable bonds is 6. The maximum Gasteiger partial charge on any atom is 0.242 e. The van der Waals surface area contributed by atoms with Crippen LogP contribution in [0.25, 0.3) is 0 Å². The van der Waals surface area contributed by atoms with Crippen molar-refractivity contribution >= 4 is 17.2 Å². The molecule has 1 heterocycles. The molecule has 0 aliphatic rings. The summed E-state index contributed by atoms with van der Waals surface area (Å²) in [5.74, 6) is 0.0488. The number of carbonyl (C=O) groups excluding carboxylic acids is 1. The molecular weight excluding hydrogens is 244 g/mol. The van der Waals surface area contributed by atoms with Gasteiger partial charge in [-0.1, -0.05) is 19.4 Å². The lowest BCUT2D eigenvalue weighted by Crippen LogP contribution is -2.54. The van der Waals surface area contributed by atoms with Crippen molar-refractivity contribution in [2.24, 2.45) is 5.73 Å². The molecule has 0 bridgehead atoms. The third-order valence-corrected chi connectivity index (χ3v) is 3.91. The largest absolute Gasteiger partial charge is 0.334 e. The van der Waals surface area contributed by atoms with Gasteiger partial charge in [0.25, 0.3) is 0 Å². The van der Waals surface area contributed by atoms with Gasteiger partial charge in [0, 0.05) is 10.9 Å². The standard InChI is InChI=1S/C14H24N2OS/c1-5-8-14(4,15)13(17)16(11(2)3)10-12-7-6-9-18-12/h6-7,9,11H,5,8,10,15H2,1-4H3. The highest BCUT2D eigenvalue weighted by atomic mass is 32.1. The van der Waals surface area contributed by atoms with E-state index in [2.05, 4.69) is 13.0 Å². The quantitative estimate of drug-likeness (QED) is 0.862. The summed E-state index contributed by atoms with van der Waals surface area (Å²) in [6.45, 7) is 8.62. The number of nitrogens with zero attached hydrogens (tertiary/aromatic N) is 1. The lowest BCUT2D eigenvalue weighted by atomic mass is 9.95. The van der Waals surface area contributed by atoms with Crippen LogP contribution in [-0.4, -0.2) is 22.4 Å². The fourth-order valence-corrected chi connectivity index (χ4v) is 2.72. The van der Waals surface area contributed by atoms with E-state index in [-0.39, 0.29) is 11.9 Å². The highest BCUT2D eigenvalue weighted by molar-refractivity contribution is 7.09. The van der Waals surface area contributed by atoms with Crippen molar-refractivity contribution in [3.05, 3.63) is 22.4 Å². The van der Waals surface area contributed by atoms with Crippen molar-refractivity contribution in [2.75, 3.05) is 0 Å². The van der Waals surface area contributed by atoms with E-state index in [9.17, 15) is 4.79 Å². The van der Waals surface area contributed by atoms with Crippen molar-refractivity contribution < 1.29 is 4.79 Å². The summed E-state index contributed by atoms with van der Waals surface area (Å²) in [7, 11) is 0. The van der Waals surface area contributed by atoms with Crippen molar-refractivity contribution in [3.8, 4) is 0 Å². The number of nitrogens with two attached hydrogens (primary N) is 1. The Morgan fingerprint density at radius 2 is 2.22 bits per heavy atom. The van der Waals surface area contributed by atoms with E-state index in [1.54, 1.807) is 11.3 Å². The smallest absolute Gasteiger partial charge is 0.242 e. The first kappa shape index (κ1) is 15.2. The van der Waals surface area contributed by atoms with Crippen LogP contribution < -0.4 is 5.73 Å². The minimum absolute atomic E-state index is 0.0488. The predicted octanol–water partition coefficient (Wildman–Crippen LogP) is 3.00. The molecule has 0 spiro atoms. The Morgan fingerprint density at radius 3 is 2.67 bits per heavy atom. The van der Waals surface area contributed by atoms with Crippen LogP contribution in [0.1, 0.15) is 45.4 Å². The zero-order valence-corrected chi connectivity index (χ0v) is 12.6. The third kappa shape index (κ3) is 3.82. The summed E-state index contributed by atoms with van der Waals surface area (Å²) in [6, 6.07) is 4.23. The van der Waals surface area contributed by atoms with Crippen molar-refractivity contribution in [1.29, 1.82) is 0 Å². The fraction of sp³-hybridized carbons (Fsp3) is 0.643. The van der Waals surface area contributed by atoms with Crippen LogP contribution in [0.3, 0.4) is 0 Å². The van der Waals surface area contributed by atoms with Crippen LogP contribution in [0.15, 0.2) is 17.5 Å². The molecule has 102 valence electrons. The Hall–Kier alpha value is -0.870. The van der Waals surface area contributed by atoms with Crippen molar-refractivity contribution in [2.45, 2.75) is 58.7 Å². The maximum atomic E-state index is 12.5. The Balaban J connectivity index is 2.82. The summed E-state index contributed by atoms with van der Waals surface area (Å²) in [4.78, 5) is 15.6. The molecule has 0 radical (unpaired) electrons. The Kier molecular flexibility index (Phi) is 5.35. The van der Waals surface area contributed by atoms with Crippen LogP contribution >= 0.6 is 11.3 Å². The van der Waals surface area contributed by atoms with Gasteiger partial charge >= 0.3 is 0 Å². The average Bonchev–Trinajstić information content (AvgIpc) is 2.77. The lowest BCUT2D eigenvalue weighted by Gasteiger charge is -2.34. The van der Waals surface area contributed by atoms with E-state index in [1.165, 1.54) is 4.88 Å². The molecule has 1 amide bonds. The molecule has 18 heavy (non-hydrogen) atoms. The average molecular weight is 268 g/mol. The normalized spacial score (nSPS) is 14.6. The van der Waals surface area contributed by atoms with E-state index in [0.29, 0.717) is 6.54 Å². The first-order valence-corrected chi connectivity index (χ1v) is 7.38. The predicted molar refractivity (Wildman–Crippen MR) is 77.5 cm³/mol. The van der Waals surface area contributed by atoms with Gasteiger partial charge in [-0.2, -0.15) is 0 Å². The van der Waals surface area contributed by atoms with E-state index in [0.717, 1.165) is 12.8 Å². The molecule has 0 aliphatic heterocycles. The SMILES string of the molecule is CCCC(C)(N)C(=O)N(Cc1cccs1)C(C)C. The fourth-order valence-electron chi connectivity index (χ4n) is 2.01. The van der Waals surface area contributed by atoms with Gasteiger partial charge in [0.2, 0.25) is 5.91 Å². The summed E-state index contributed by atoms with van der Waals surface area (Å²) >= 11 is 1.68. The number of hydrogen-bond donors (Lipinski definition) is 1. The molecule has 0 fully saturated rings. The molecule has 1 rings (SSSR count). The lowest BCUT2D eigenvalue weighted by molar-refractivity contribution is -0.139. The van der Waals surface area contributed by atoms with Gasteiger partial charge < -0.3 is 10.6 Å². The van der Waals surface area contributed by atoms with Crippen molar-refractivity contribution in [3.63, 3.8) is 0 Å². The van der Waals surface area contributed by atoms with Gasteiger partial charge in [-0.3, -0.25) is 4.79 Å². The first-order valence-electron chi connectivity index (χ1n) is 6.50. The maximum absolute atomic E-state index is 12.5. The van der Waals surface area contributed by atoms with Gasteiger partial charge in [0.15, 0.2) is 0 Å². The van der Waals surface area contributed by atoms with Gasteiger partial charge in [-0.05, 0) is 38.6 Å². The molecule has 0 aromatic carbocycles. The van der Waals surface area contributed by atoms with Gasteiger partial charge in [-0.15, -0.1) is 11.3 Å². The molecule has 0 aliphatic carbocycles. The molecular formula is C14H24N2OS. The van der Waals surface area contributed by atoms with Gasteiger partial charge in [-0.25, -0.2) is 0 Å². The van der Waals surface area contributed by atoms with E-state index in [1.807, 2.05) is 37.1 Å². The Bertz CT molecular complexity index is 371. The first-order chi connectivity index (χ1) is 8.38. The molecule has 1 atom stereocenters. The summed E-state index contributed by atoms with van der Waals surface area (Å²) in [5, 5.41) is 2.03. The number of thiophene rings is 1. The third-order valence-electron chi connectivity index (χ3n) is 3.05. The monoisotopic (exact) mass is 268 g/mol. The van der Waals surface area contributed by atoms with E-state index in [4.69, 9.17) is 5.73 Å². The highest BCUT2D eigenvalue weighted by Gasteiger charge is 2.33. The molecule has 1 aromatic rings. The number of amides is 1. The van der Waals surface area contributed by atoms with Crippen LogP contribution in [0.2, 0.25) is 0 Å². The minimum Gasteiger partial charge on any atom is -0.334 e. The van der Waals surface area contributed by atoms with E-state index >= 15 is 0 Å². The van der Waals surface area contributed by atoms with E-state index < -0.39 is 5.54 Å². The van der Waals surface area contributed by atoms with Crippen LogP contribution in [0.5, 0.6) is 0 Å². The van der Waals surface area contributed by atoms with Crippen LogP contribution in [0.4, 0.5) is 0 Å². The second-order valence-corrected chi connectivity index (χ2v) is 6.31. The van der Waals surface area contributed by atoms with Crippen LogP contribution in [-0.2, 0) is 11.3 Å². The highest BCUT2D eigenvalue weighted by Crippen LogP contribution is 2.19. The number of hydrogen-bond acceptors (Lipinski definition) is 3. The summed E-state index contributed by atoms with van der Waals surface area (Å²) in [5.41, 5.74) is 5.40. The Labute approximate surface area is 114 Å². The van der Waals surface area contributed by atoms with Gasteiger partial charge in [0.1, 0.15) is 0 Å². The van der Waals surface area contributed by atoms with Crippen molar-refractivity contribution in [1.82, 2.24) is 4.90 Å². The summed E-state index contributed by atoms with van der Waals surface area (Å²) < 4.78 is 0. The second kappa shape index (κ2) is 6.34. The molecule has 0 saturated heterocycles. The minimum atomic E-state index is -0.754. The molecule has 2 N–H and O–H groups in total. The summed E-state index contributed by atoms with van der Waals surface area (Å²) in [6.07, 6.45) is 1.64. The van der Waals surface area contributed by atoms with Gasteiger partial charge in [0.05, 0.1) is 12.1 Å². The van der Waals surface area contributed by atoms with Crippen LogP contribution in [0, 0.1) is 0 Å².